The molecule has 0 bridgehead atoms. The molecular weight excluding hydrogens is 174 g/mol. The molecule has 1 fully saturated rings. The van der Waals surface area contributed by atoms with Crippen LogP contribution in [0.5, 0.6) is 0 Å². The van der Waals surface area contributed by atoms with Gasteiger partial charge in [0.15, 0.2) is 0 Å². The monoisotopic (exact) mass is 193 g/mol. The molecule has 1 aromatic rings. The summed E-state index contributed by atoms with van der Waals surface area (Å²) in [5.41, 5.74) is 6.30. The summed E-state index contributed by atoms with van der Waals surface area (Å²) in [7, 11) is 0. The van der Waals surface area contributed by atoms with Gasteiger partial charge in [0.05, 0.1) is 0 Å². The van der Waals surface area contributed by atoms with Crippen LogP contribution in [0.25, 0.3) is 0 Å². The lowest BCUT2D eigenvalue weighted by Crippen LogP contribution is -2.24. The van der Waals surface area contributed by atoms with E-state index in [1.165, 1.54) is 6.42 Å². The van der Waals surface area contributed by atoms with Crippen molar-refractivity contribution in [3.8, 4) is 0 Å². The van der Waals surface area contributed by atoms with Crippen LogP contribution in [-0.2, 0) is 6.54 Å². The van der Waals surface area contributed by atoms with Gasteiger partial charge in [-0.25, -0.2) is 4.98 Å². The Labute approximate surface area is 85.3 Å². The first-order valence-electron chi connectivity index (χ1n) is 5.38. The van der Waals surface area contributed by atoms with E-state index in [2.05, 4.69) is 16.5 Å². The zero-order valence-electron chi connectivity index (χ0n) is 9.03. The molecule has 2 atom stereocenters. The smallest absolute Gasteiger partial charge is 0.105 e. The fourth-order valence-corrected chi connectivity index (χ4v) is 2.08. The molecular formula is C11H19N3. The molecule has 1 aliphatic carbocycles. The van der Waals surface area contributed by atoms with Crippen LogP contribution in [0, 0.1) is 12.8 Å². The molecule has 1 aromatic heterocycles. The first kappa shape index (κ1) is 9.71. The average Bonchev–Trinajstić information content (AvgIpc) is 2.55. The lowest BCUT2D eigenvalue weighted by molar-refractivity contribution is 0.498. The molecule has 0 aliphatic heterocycles. The summed E-state index contributed by atoms with van der Waals surface area (Å²) < 4.78 is 2.19. The Morgan fingerprint density at radius 3 is 2.93 bits per heavy atom. The third kappa shape index (κ3) is 1.82. The molecule has 0 spiro atoms. The van der Waals surface area contributed by atoms with Gasteiger partial charge in [-0.2, -0.15) is 0 Å². The minimum atomic E-state index is 0.161. The Kier molecular flexibility index (Phi) is 2.35. The third-order valence-electron chi connectivity index (χ3n) is 3.47. The van der Waals surface area contributed by atoms with E-state index in [1.807, 2.05) is 19.3 Å². The summed E-state index contributed by atoms with van der Waals surface area (Å²) in [6.07, 6.45) is 7.40. The van der Waals surface area contributed by atoms with Gasteiger partial charge >= 0.3 is 0 Å². The van der Waals surface area contributed by atoms with E-state index in [9.17, 15) is 0 Å². The van der Waals surface area contributed by atoms with E-state index >= 15 is 0 Å². The summed E-state index contributed by atoms with van der Waals surface area (Å²) in [6, 6.07) is 0. The first-order valence-corrected chi connectivity index (χ1v) is 5.38. The van der Waals surface area contributed by atoms with E-state index in [1.54, 1.807) is 0 Å². The lowest BCUT2D eigenvalue weighted by Gasteiger charge is -2.10. The maximum Gasteiger partial charge on any atom is 0.105 e. The maximum atomic E-state index is 6.14. The Morgan fingerprint density at radius 1 is 1.71 bits per heavy atom. The molecule has 3 heteroatoms. The number of imidazole rings is 1. The SMILES string of the molecule is Cc1nccn1CCCC1(N)CC1C. The van der Waals surface area contributed by atoms with E-state index in [0.29, 0.717) is 0 Å². The van der Waals surface area contributed by atoms with Crippen LogP contribution >= 0.6 is 0 Å². The molecule has 2 N–H and O–H groups in total. The van der Waals surface area contributed by atoms with E-state index in [4.69, 9.17) is 5.73 Å². The Morgan fingerprint density at radius 2 is 2.43 bits per heavy atom. The highest BCUT2D eigenvalue weighted by molar-refractivity contribution is 5.05. The van der Waals surface area contributed by atoms with Gasteiger partial charge in [-0.15, -0.1) is 0 Å². The van der Waals surface area contributed by atoms with E-state index in [-0.39, 0.29) is 5.54 Å². The second-order valence-electron chi connectivity index (χ2n) is 4.61. The predicted octanol–water partition coefficient (Wildman–Crippen LogP) is 1.71. The zero-order valence-corrected chi connectivity index (χ0v) is 9.03. The highest BCUT2D eigenvalue weighted by Gasteiger charge is 2.46. The van der Waals surface area contributed by atoms with Crippen molar-refractivity contribution in [3.05, 3.63) is 18.2 Å². The Bertz CT molecular complexity index is 318. The molecule has 1 aliphatic rings. The molecule has 0 saturated heterocycles. The van der Waals surface area contributed by atoms with Crippen LogP contribution in [0.15, 0.2) is 12.4 Å². The van der Waals surface area contributed by atoms with Gasteiger partial charge in [-0.3, -0.25) is 0 Å². The van der Waals surface area contributed by atoms with Crippen LogP contribution in [0.3, 0.4) is 0 Å². The molecule has 0 radical (unpaired) electrons. The van der Waals surface area contributed by atoms with Crippen LogP contribution in [0.4, 0.5) is 0 Å². The van der Waals surface area contributed by atoms with Crippen molar-refractivity contribution in [3.63, 3.8) is 0 Å². The van der Waals surface area contributed by atoms with Gasteiger partial charge in [0.2, 0.25) is 0 Å². The van der Waals surface area contributed by atoms with Crippen molar-refractivity contribution in [1.29, 1.82) is 0 Å². The summed E-state index contributed by atoms with van der Waals surface area (Å²) in [5.74, 6) is 1.83. The fraction of sp³-hybridized carbons (Fsp3) is 0.727. The molecule has 78 valence electrons. The normalized spacial score (nSPS) is 30.6. The molecule has 2 unspecified atom stereocenters. The van der Waals surface area contributed by atoms with Crippen LogP contribution in [0.1, 0.15) is 32.0 Å². The number of rotatable bonds is 4. The van der Waals surface area contributed by atoms with Gasteiger partial charge in [-0.05, 0) is 32.1 Å². The van der Waals surface area contributed by atoms with Gasteiger partial charge in [0.25, 0.3) is 0 Å². The van der Waals surface area contributed by atoms with Crippen LogP contribution in [0.2, 0.25) is 0 Å². The summed E-state index contributed by atoms with van der Waals surface area (Å²) in [4.78, 5) is 4.19. The number of nitrogens with zero attached hydrogens (tertiary/aromatic N) is 2. The standard InChI is InChI=1S/C11H19N3/c1-9-8-11(9,12)4-3-6-14-7-5-13-10(14)2/h5,7,9H,3-4,6,8,12H2,1-2H3. The van der Waals surface area contributed by atoms with Gasteiger partial charge in [0.1, 0.15) is 5.82 Å². The lowest BCUT2D eigenvalue weighted by atomic mass is 10.1. The Balaban J connectivity index is 1.76. The van der Waals surface area contributed by atoms with E-state index in [0.717, 1.165) is 31.1 Å². The summed E-state index contributed by atoms with van der Waals surface area (Å²) >= 11 is 0. The van der Waals surface area contributed by atoms with Gasteiger partial charge < -0.3 is 10.3 Å². The average molecular weight is 193 g/mol. The van der Waals surface area contributed by atoms with Crippen molar-refractivity contribution in [2.45, 2.75) is 45.2 Å². The highest BCUT2D eigenvalue weighted by atomic mass is 15.0. The highest BCUT2D eigenvalue weighted by Crippen LogP contribution is 2.43. The second kappa shape index (κ2) is 3.39. The number of aryl methyl sites for hydroxylation is 2. The van der Waals surface area contributed by atoms with Crippen LogP contribution < -0.4 is 5.73 Å². The first-order chi connectivity index (χ1) is 6.62. The molecule has 2 rings (SSSR count). The van der Waals surface area contributed by atoms with Crippen molar-refractivity contribution >= 4 is 0 Å². The van der Waals surface area contributed by atoms with Crippen molar-refractivity contribution in [2.75, 3.05) is 0 Å². The zero-order chi connectivity index (χ0) is 10.2. The fourth-order valence-electron chi connectivity index (χ4n) is 2.08. The molecule has 1 heterocycles. The third-order valence-corrected chi connectivity index (χ3v) is 3.47. The van der Waals surface area contributed by atoms with Crippen molar-refractivity contribution < 1.29 is 0 Å². The molecule has 0 amide bonds. The van der Waals surface area contributed by atoms with E-state index < -0.39 is 0 Å². The quantitative estimate of drug-likeness (QED) is 0.791. The number of nitrogens with two attached hydrogens (primary N) is 1. The molecule has 0 aromatic carbocycles. The van der Waals surface area contributed by atoms with Gasteiger partial charge in [0, 0.05) is 24.5 Å². The van der Waals surface area contributed by atoms with Gasteiger partial charge in [-0.1, -0.05) is 6.92 Å². The summed E-state index contributed by atoms with van der Waals surface area (Å²) in [6.45, 7) is 5.33. The number of hydrogen-bond acceptors (Lipinski definition) is 2. The largest absolute Gasteiger partial charge is 0.335 e. The number of hydrogen-bond donors (Lipinski definition) is 1. The topological polar surface area (TPSA) is 43.8 Å². The molecule has 1 saturated carbocycles. The predicted molar refractivity (Wildman–Crippen MR) is 56.9 cm³/mol. The number of aromatic nitrogens is 2. The molecule has 14 heavy (non-hydrogen) atoms. The molecule has 3 nitrogen and oxygen atoms in total. The van der Waals surface area contributed by atoms with Crippen LogP contribution in [-0.4, -0.2) is 15.1 Å². The minimum Gasteiger partial charge on any atom is -0.335 e. The minimum absolute atomic E-state index is 0.161. The van der Waals surface area contributed by atoms with Crippen molar-refractivity contribution in [1.82, 2.24) is 9.55 Å². The maximum absolute atomic E-state index is 6.14. The Hall–Kier alpha value is -0.830. The van der Waals surface area contributed by atoms with Crippen molar-refractivity contribution in [2.24, 2.45) is 11.7 Å². The second-order valence-corrected chi connectivity index (χ2v) is 4.61. The summed E-state index contributed by atoms with van der Waals surface area (Å²) in [5, 5.41) is 0.